The maximum Gasteiger partial charge on any atom is 0.225 e. The summed E-state index contributed by atoms with van der Waals surface area (Å²) in [5.74, 6) is 0.276. The Hall–Kier alpha value is -1.62. The van der Waals surface area contributed by atoms with Gasteiger partial charge < -0.3 is 16.0 Å². The van der Waals surface area contributed by atoms with Gasteiger partial charge in [0.05, 0.1) is 5.69 Å². The van der Waals surface area contributed by atoms with E-state index in [2.05, 4.69) is 24.1 Å². The van der Waals surface area contributed by atoms with E-state index in [9.17, 15) is 9.18 Å². The van der Waals surface area contributed by atoms with Crippen molar-refractivity contribution in [1.29, 1.82) is 0 Å². The molecule has 5 heteroatoms. The second-order valence-corrected chi connectivity index (χ2v) is 6.07. The maximum atomic E-state index is 13.1. The number of carbonyl (C=O) groups is 1. The minimum Gasteiger partial charge on any atom is -0.396 e. The molecule has 3 N–H and O–H groups in total. The number of benzene rings is 1. The van der Waals surface area contributed by atoms with Crippen LogP contribution in [0.1, 0.15) is 33.1 Å². The third-order valence-electron chi connectivity index (χ3n) is 3.83. The molecule has 0 saturated heterocycles. The summed E-state index contributed by atoms with van der Waals surface area (Å²) >= 11 is 0. The van der Waals surface area contributed by atoms with E-state index < -0.39 is 5.82 Å². The van der Waals surface area contributed by atoms with Crippen LogP contribution in [0.3, 0.4) is 0 Å². The van der Waals surface area contributed by atoms with Crippen LogP contribution in [0.5, 0.6) is 0 Å². The van der Waals surface area contributed by atoms with Gasteiger partial charge in [-0.2, -0.15) is 0 Å². The Labute approximate surface area is 125 Å². The van der Waals surface area contributed by atoms with Gasteiger partial charge in [-0.15, -0.1) is 0 Å². The first kappa shape index (κ1) is 15.8. The molecule has 116 valence electrons. The number of hydrogen-bond acceptors (Lipinski definition) is 3. The SMILES string of the molecule is CC(C)N(CCC(=O)Nc1ccc(F)c(N)c1)CC1CC1. The molecule has 1 amide bonds. The summed E-state index contributed by atoms with van der Waals surface area (Å²) in [4.78, 5) is 14.3. The maximum absolute atomic E-state index is 13.1. The highest BCUT2D eigenvalue weighted by molar-refractivity contribution is 5.91. The van der Waals surface area contributed by atoms with Crippen molar-refractivity contribution < 1.29 is 9.18 Å². The zero-order valence-corrected chi connectivity index (χ0v) is 12.7. The average molecular weight is 293 g/mol. The summed E-state index contributed by atoms with van der Waals surface area (Å²) in [6, 6.07) is 4.67. The van der Waals surface area contributed by atoms with Crippen LogP contribution in [-0.2, 0) is 4.79 Å². The van der Waals surface area contributed by atoms with Crippen LogP contribution in [0, 0.1) is 11.7 Å². The third kappa shape index (κ3) is 5.01. The van der Waals surface area contributed by atoms with E-state index in [0.717, 1.165) is 19.0 Å². The van der Waals surface area contributed by atoms with Crippen molar-refractivity contribution in [3.63, 3.8) is 0 Å². The van der Waals surface area contributed by atoms with Crippen LogP contribution in [0.15, 0.2) is 18.2 Å². The summed E-state index contributed by atoms with van der Waals surface area (Å²) in [5.41, 5.74) is 6.07. The van der Waals surface area contributed by atoms with Gasteiger partial charge in [-0.3, -0.25) is 4.79 Å². The molecule has 0 heterocycles. The number of carbonyl (C=O) groups excluding carboxylic acids is 1. The van der Waals surface area contributed by atoms with Crippen molar-refractivity contribution in [2.24, 2.45) is 5.92 Å². The van der Waals surface area contributed by atoms with Gasteiger partial charge in [-0.1, -0.05) is 0 Å². The summed E-state index contributed by atoms with van der Waals surface area (Å²) in [6.07, 6.45) is 3.05. The zero-order valence-electron chi connectivity index (χ0n) is 12.7. The standard InChI is InChI=1S/C16H24FN3O/c1-11(2)20(10-12-3-4-12)8-7-16(21)19-13-5-6-14(17)15(18)9-13/h5-6,9,11-12H,3-4,7-8,10,18H2,1-2H3,(H,19,21). The first-order valence-electron chi connectivity index (χ1n) is 7.54. The van der Waals surface area contributed by atoms with Gasteiger partial charge in [0.15, 0.2) is 0 Å². The van der Waals surface area contributed by atoms with Crippen LogP contribution in [-0.4, -0.2) is 29.9 Å². The first-order valence-corrected chi connectivity index (χ1v) is 7.54. The monoisotopic (exact) mass is 293 g/mol. The lowest BCUT2D eigenvalue weighted by atomic mass is 10.2. The molecule has 1 aliphatic rings. The van der Waals surface area contributed by atoms with E-state index in [0.29, 0.717) is 18.2 Å². The molecule has 0 unspecified atom stereocenters. The number of nitrogen functional groups attached to an aromatic ring is 1. The predicted molar refractivity (Wildman–Crippen MR) is 83.5 cm³/mol. The van der Waals surface area contributed by atoms with E-state index in [1.165, 1.54) is 31.0 Å². The normalized spacial score (nSPS) is 14.7. The number of anilines is 2. The van der Waals surface area contributed by atoms with Crippen molar-refractivity contribution in [2.75, 3.05) is 24.1 Å². The number of amides is 1. The highest BCUT2D eigenvalue weighted by Crippen LogP contribution is 2.30. The molecule has 1 aliphatic carbocycles. The van der Waals surface area contributed by atoms with Crippen LogP contribution in [0.4, 0.5) is 15.8 Å². The Kier molecular flexibility index (Phi) is 5.17. The van der Waals surface area contributed by atoms with Crippen LogP contribution in [0.25, 0.3) is 0 Å². The van der Waals surface area contributed by atoms with Crippen molar-refractivity contribution in [3.05, 3.63) is 24.0 Å². The van der Waals surface area contributed by atoms with Crippen LogP contribution in [0.2, 0.25) is 0 Å². The van der Waals surface area contributed by atoms with E-state index in [4.69, 9.17) is 5.73 Å². The Morgan fingerprint density at radius 1 is 1.48 bits per heavy atom. The fourth-order valence-corrected chi connectivity index (χ4v) is 2.28. The van der Waals surface area contributed by atoms with Gasteiger partial charge in [0.2, 0.25) is 5.91 Å². The molecule has 0 atom stereocenters. The molecule has 1 saturated carbocycles. The lowest BCUT2D eigenvalue weighted by Gasteiger charge is -2.26. The summed E-state index contributed by atoms with van der Waals surface area (Å²) < 4.78 is 13.1. The average Bonchev–Trinajstić information content (AvgIpc) is 3.22. The highest BCUT2D eigenvalue weighted by atomic mass is 19.1. The summed E-state index contributed by atoms with van der Waals surface area (Å²) in [7, 11) is 0. The molecule has 4 nitrogen and oxygen atoms in total. The molecular formula is C16H24FN3O. The number of nitrogens with zero attached hydrogens (tertiary/aromatic N) is 1. The van der Waals surface area contributed by atoms with Crippen molar-refractivity contribution in [3.8, 4) is 0 Å². The van der Waals surface area contributed by atoms with E-state index in [-0.39, 0.29) is 11.6 Å². The molecule has 21 heavy (non-hydrogen) atoms. The molecule has 1 aromatic rings. The molecule has 1 fully saturated rings. The van der Waals surface area contributed by atoms with E-state index in [1.54, 1.807) is 0 Å². The van der Waals surface area contributed by atoms with Gasteiger partial charge in [0.25, 0.3) is 0 Å². The Morgan fingerprint density at radius 2 is 2.19 bits per heavy atom. The third-order valence-corrected chi connectivity index (χ3v) is 3.83. The Morgan fingerprint density at radius 3 is 2.76 bits per heavy atom. The molecule has 0 aromatic heterocycles. The van der Waals surface area contributed by atoms with Crippen molar-refractivity contribution in [1.82, 2.24) is 4.90 Å². The van der Waals surface area contributed by atoms with Crippen molar-refractivity contribution in [2.45, 2.75) is 39.2 Å². The van der Waals surface area contributed by atoms with Gasteiger partial charge >= 0.3 is 0 Å². The molecular weight excluding hydrogens is 269 g/mol. The minimum atomic E-state index is -0.469. The van der Waals surface area contributed by atoms with Gasteiger partial charge in [0, 0.05) is 31.2 Å². The predicted octanol–water partition coefficient (Wildman–Crippen LogP) is 2.86. The van der Waals surface area contributed by atoms with E-state index in [1.807, 2.05) is 0 Å². The topological polar surface area (TPSA) is 58.4 Å². The van der Waals surface area contributed by atoms with Crippen LogP contribution < -0.4 is 11.1 Å². The number of halogens is 1. The zero-order chi connectivity index (χ0) is 15.4. The Balaban J connectivity index is 1.81. The number of nitrogens with one attached hydrogen (secondary N) is 1. The lowest BCUT2D eigenvalue weighted by Crippen LogP contribution is -2.35. The number of rotatable bonds is 7. The minimum absolute atomic E-state index is 0.0466. The molecule has 0 aliphatic heterocycles. The summed E-state index contributed by atoms with van der Waals surface area (Å²) in [6.45, 7) is 6.13. The van der Waals surface area contributed by atoms with Crippen molar-refractivity contribution >= 4 is 17.3 Å². The Bertz CT molecular complexity index is 500. The molecule has 0 bridgehead atoms. The quantitative estimate of drug-likeness (QED) is 0.760. The summed E-state index contributed by atoms with van der Waals surface area (Å²) in [5, 5.41) is 2.76. The molecule has 0 spiro atoms. The number of hydrogen-bond donors (Lipinski definition) is 2. The van der Waals surface area contributed by atoms with E-state index >= 15 is 0 Å². The molecule has 1 aromatic carbocycles. The fraction of sp³-hybridized carbons (Fsp3) is 0.562. The lowest BCUT2D eigenvalue weighted by molar-refractivity contribution is -0.116. The highest BCUT2D eigenvalue weighted by Gasteiger charge is 2.25. The van der Waals surface area contributed by atoms with Gasteiger partial charge in [0.1, 0.15) is 5.82 Å². The van der Waals surface area contributed by atoms with Crippen LogP contribution >= 0.6 is 0 Å². The molecule has 2 rings (SSSR count). The fourth-order valence-electron chi connectivity index (χ4n) is 2.28. The largest absolute Gasteiger partial charge is 0.396 e. The van der Waals surface area contributed by atoms with Gasteiger partial charge in [-0.05, 0) is 50.8 Å². The first-order chi connectivity index (χ1) is 9.95. The number of nitrogens with two attached hydrogens (primary N) is 1. The molecule has 0 radical (unpaired) electrons. The smallest absolute Gasteiger partial charge is 0.225 e. The second-order valence-electron chi connectivity index (χ2n) is 6.07. The van der Waals surface area contributed by atoms with Gasteiger partial charge in [-0.25, -0.2) is 4.39 Å². The second kappa shape index (κ2) is 6.89.